The van der Waals surface area contributed by atoms with Crippen molar-refractivity contribution < 1.29 is 9.53 Å². The summed E-state index contributed by atoms with van der Waals surface area (Å²) in [6, 6.07) is 10.1. The summed E-state index contributed by atoms with van der Waals surface area (Å²) in [6.07, 6.45) is 1.45. The maximum Gasteiger partial charge on any atom is 0.252 e. The average molecular weight is 272 g/mol. The minimum Gasteiger partial charge on any atom is -0.497 e. The number of pyridine rings is 1. The molecule has 5 nitrogen and oxygen atoms in total. The summed E-state index contributed by atoms with van der Waals surface area (Å²) in [5.41, 5.74) is 1.01. The number of aromatic amines is 1. The van der Waals surface area contributed by atoms with Crippen molar-refractivity contribution in [1.29, 1.82) is 0 Å². The van der Waals surface area contributed by atoms with Gasteiger partial charge in [0.15, 0.2) is 0 Å². The first-order valence-corrected chi connectivity index (χ1v) is 6.23. The summed E-state index contributed by atoms with van der Waals surface area (Å²) < 4.78 is 5.09. The second-order valence-electron chi connectivity index (χ2n) is 4.41. The Kier molecular flexibility index (Phi) is 4.20. The molecule has 1 aromatic carbocycles. The molecule has 0 bridgehead atoms. The maximum absolute atomic E-state index is 12.0. The van der Waals surface area contributed by atoms with Gasteiger partial charge in [0.2, 0.25) is 5.56 Å². The Morgan fingerprint density at radius 1 is 1.25 bits per heavy atom. The molecule has 1 amide bonds. The fourth-order valence-corrected chi connectivity index (χ4v) is 1.84. The highest BCUT2D eigenvalue weighted by molar-refractivity contribution is 5.94. The minimum absolute atomic E-state index is 0.160. The van der Waals surface area contributed by atoms with Gasteiger partial charge in [0, 0.05) is 17.8 Å². The lowest BCUT2D eigenvalue weighted by Crippen LogP contribution is -2.27. The molecule has 2 aromatic rings. The number of nitrogens with one attached hydrogen (secondary N) is 2. The number of ether oxygens (including phenoxy) is 1. The molecule has 0 aliphatic carbocycles. The van der Waals surface area contributed by atoms with E-state index in [2.05, 4.69) is 10.3 Å². The van der Waals surface area contributed by atoms with E-state index < -0.39 is 0 Å². The lowest BCUT2D eigenvalue weighted by Gasteiger charge is -2.14. The molecule has 2 N–H and O–H groups in total. The Labute approximate surface area is 116 Å². The summed E-state index contributed by atoms with van der Waals surface area (Å²) in [6.45, 7) is 1.88. The zero-order chi connectivity index (χ0) is 14.5. The van der Waals surface area contributed by atoms with Gasteiger partial charge in [0.1, 0.15) is 5.75 Å². The number of aromatic nitrogens is 1. The van der Waals surface area contributed by atoms with Crippen molar-refractivity contribution in [3.63, 3.8) is 0 Å². The van der Waals surface area contributed by atoms with E-state index in [1.54, 1.807) is 13.2 Å². The van der Waals surface area contributed by atoms with E-state index >= 15 is 0 Å². The van der Waals surface area contributed by atoms with Crippen molar-refractivity contribution in [2.45, 2.75) is 13.0 Å². The number of H-pyrrole nitrogens is 1. The molecule has 20 heavy (non-hydrogen) atoms. The number of carbonyl (C=O) groups excluding carboxylic acids is 1. The third-order valence-electron chi connectivity index (χ3n) is 3.00. The van der Waals surface area contributed by atoms with Crippen LogP contribution in [0.4, 0.5) is 0 Å². The maximum atomic E-state index is 12.0. The summed E-state index contributed by atoms with van der Waals surface area (Å²) in [7, 11) is 1.60. The van der Waals surface area contributed by atoms with Crippen LogP contribution in [0.15, 0.2) is 47.4 Å². The molecule has 1 aromatic heterocycles. The van der Waals surface area contributed by atoms with Gasteiger partial charge in [-0.15, -0.1) is 0 Å². The predicted octanol–water partition coefficient (Wildman–Crippen LogP) is 1.87. The summed E-state index contributed by atoms with van der Waals surface area (Å²) in [5.74, 6) is 0.487. The molecule has 0 radical (unpaired) electrons. The first kappa shape index (κ1) is 13.9. The van der Waals surface area contributed by atoms with Crippen LogP contribution in [0.25, 0.3) is 0 Å². The Balaban J connectivity index is 2.08. The molecule has 0 aliphatic rings. The molecule has 5 heteroatoms. The van der Waals surface area contributed by atoms with E-state index in [4.69, 9.17) is 4.74 Å². The highest BCUT2D eigenvalue weighted by atomic mass is 16.5. The largest absolute Gasteiger partial charge is 0.497 e. The van der Waals surface area contributed by atoms with Gasteiger partial charge in [0.05, 0.1) is 13.2 Å². The molecule has 0 aliphatic heterocycles. The lowest BCUT2D eigenvalue weighted by atomic mass is 10.1. The van der Waals surface area contributed by atoms with Crippen LogP contribution >= 0.6 is 0 Å². The van der Waals surface area contributed by atoms with E-state index in [0.717, 1.165) is 11.3 Å². The molecule has 0 saturated carbocycles. The molecule has 0 fully saturated rings. The van der Waals surface area contributed by atoms with Crippen LogP contribution in [0.2, 0.25) is 0 Å². The Hall–Kier alpha value is -2.56. The Morgan fingerprint density at radius 2 is 1.95 bits per heavy atom. The van der Waals surface area contributed by atoms with E-state index in [1.165, 1.54) is 12.3 Å². The van der Waals surface area contributed by atoms with Gasteiger partial charge in [-0.1, -0.05) is 12.1 Å². The summed E-state index contributed by atoms with van der Waals surface area (Å²) in [4.78, 5) is 25.7. The summed E-state index contributed by atoms with van der Waals surface area (Å²) >= 11 is 0. The van der Waals surface area contributed by atoms with E-state index in [9.17, 15) is 9.59 Å². The normalized spacial score (nSPS) is 11.7. The van der Waals surface area contributed by atoms with Crippen LogP contribution < -0.4 is 15.6 Å². The fraction of sp³-hybridized carbons (Fsp3) is 0.200. The molecule has 0 spiro atoms. The number of carbonyl (C=O) groups is 1. The number of hydrogen-bond donors (Lipinski definition) is 2. The molecule has 1 atom stereocenters. The standard InChI is InChI=1S/C15H16N2O3/c1-10(11-3-5-13(20-2)6-4-11)17-15(19)12-7-8-16-14(18)9-12/h3-10H,1-2H3,(H,16,18)(H,17,19). The van der Waals surface area contributed by atoms with Gasteiger partial charge in [-0.3, -0.25) is 9.59 Å². The highest BCUT2D eigenvalue weighted by Gasteiger charge is 2.11. The third kappa shape index (κ3) is 3.26. The van der Waals surface area contributed by atoms with Crippen LogP contribution in [0, 0.1) is 0 Å². The van der Waals surface area contributed by atoms with Crippen molar-refractivity contribution in [3.05, 3.63) is 64.1 Å². The number of rotatable bonds is 4. The van der Waals surface area contributed by atoms with Crippen molar-refractivity contribution in [3.8, 4) is 5.75 Å². The van der Waals surface area contributed by atoms with Gasteiger partial charge in [-0.2, -0.15) is 0 Å². The smallest absolute Gasteiger partial charge is 0.252 e. The van der Waals surface area contributed by atoms with E-state index in [0.29, 0.717) is 5.56 Å². The minimum atomic E-state index is -0.297. The van der Waals surface area contributed by atoms with Crippen LogP contribution in [-0.4, -0.2) is 18.0 Å². The molecule has 0 saturated heterocycles. The van der Waals surface area contributed by atoms with Gasteiger partial charge < -0.3 is 15.0 Å². The van der Waals surface area contributed by atoms with Crippen LogP contribution in [0.5, 0.6) is 5.75 Å². The highest BCUT2D eigenvalue weighted by Crippen LogP contribution is 2.17. The predicted molar refractivity (Wildman–Crippen MR) is 75.9 cm³/mol. The SMILES string of the molecule is COc1ccc(C(C)NC(=O)c2cc[nH]c(=O)c2)cc1. The number of benzene rings is 1. The second kappa shape index (κ2) is 6.06. The van der Waals surface area contributed by atoms with Crippen LogP contribution in [0.3, 0.4) is 0 Å². The third-order valence-corrected chi connectivity index (χ3v) is 3.00. The molecule has 104 valence electrons. The van der Waals surface area contributed by atoms with Gasteiger partial charge in [0.25, 0.3) is 5.91 Å². The zero-order valence-electron chi connectivity index (χ0n) is 11.3. The molecule has 1 unspecified atom stereocenters. The Morgan fingerprint density at radius 3 is 2.55 bits per heavy atom. The number of amides is 1. The second-order valence-corrected chi connectivity index (χ2v) is 4.41. The topological polar surface area (TPSA) is 71.2 Å². The van der Waals surface area contributed by atoms with Crippen molar-refractivity contribution in [1.82, 2.24) is 10.3 Å². The summed E-state index contributed by atoms with van der Waals surface area (Å²) in [5, 5.41) is 2.84. The zero-order valence-corrected chi connectivity index (χ0v) is 11.3. The van der Waals surface area contributed by atoms with Crippen LogP contribution in [-0.2, 0) is 0 Å². The lowest BCUT2D eigenvalue weighted by molar-refractivity contribution is 0.0939. The quantitative estimate of drug-likeness (QED) is 0.892. The number of methoxy groups -OCH3 is 1. The van der Waals surface area contributed by atoms with Gasteiger partial charge in [-0.25, -0.2) is 0 Å². The molecular weight excluding hydrogens is 256 g/mol. The van der Waals surface area contributed by atoms with Crippen molar-refractivity contribution in [2.24, 2.45) is 0 Å². The molecular formula is C15H16N2O3. The molecule has 2 rings (SSSR count). The van der Waals surface area contributed by atoms with Crippen molar-refractivity contribution in [2.75, 3.05) is 7.11 Å². The number of hydrogen-bond acceptors (Lipinski definition) is 3. The first-order chi connectivity index (χ1) is 9.60. The fourth-order valence-electron chi connectivity index (χ4n) is 1.84. The van der Waals surface area contributed by atoms with Gasteiger partial charge >= 0.3 is 0 Å². The van der Waals surface area contributed by atoms with E-state index in [1.807, 2.05) is 31.2 Å². The van der Waals surface area contributed by atoms with Crippen LogP contribution in [0.1, 0.15) is 28.9 Å². The van der Waals surface area contributed by atoms with Gasteiger partial charge in [-0.05, 0) is 30.7 Å². The average Bonchev–Trinajstić information content (AvgIpc) is 2.47. The molecule has 1 heterocycles. The monoisotopic (exact) mass is 272 g/mol. The van der Waals surface area contributed by atoms with Crippen molar-refractivity contribution >= 4 is 5.91 Å². The first-order valence-electron chi connectivity index (χ1n) is 6.23. The van der Waals surface area contributed by atoms with E-state index in [-0.39, 0.29) is 17.5 Å². The Bertz CT molecular complexity index is 647.